The molecule has 0 amide bonds. The van der Waals surface area contributed by atoms with Gasteiger partial charge in [0.15, 0.2) is 18.4 Å². The maximum atomic E-state index is 12.0. The molecule has 3 rings (SSSR count). The smallest absolute Gasteiger partial charge is 0.187 e. The minimum Gasteiger partial charge on any atom is -0.394 e. The lowest BCUT2D eigenvalue weighted by atomic mass is 9.68. The van der Waals surface area contributed by atoms with Gasteiger partial charge in [-0.3, -0.25) is 4.79 Å². The first-order valence-electron chi connectivity index (χ1n) is 12.3. The largest absolute Gasteiger partial charge is 0.394 e. The third kappa shape index (κ3) is 6.24. The summed E-state index contributed by atoms with van der Waals surface area (Å²) < 4.78 is 22.8. The highest BCUT2D eigenvalue weighted by atomic mass is 16.8. The van der Waals surface area contributed by atoms with Crippen LogP contribution in [0.3, 0.4) is 0 Å². The number of aliphatic hydroxyl groups excluding tert-OH is 6. The van der Waals surface area contributed by atoms with Crippen LogP contribution in [0.2, 0.25) is 0 Å². The number of aliphatic hydroxyl groups is 6. The summed E-state index contributed by atoms with van der Waals surface area (Å²) in [5, 5.41) is 61.0. The second-order valence-electron chi connectivity index (χ2n) is 10.7. The number of carbonyl (C=O) groups is 1. The Morgan fingerprint density at radius 1 is 1.06 bits per heavy atom. The lowest BCUT2D eigenvalue weighted by molar-refractivity contribution is -0.367. The van der Waals surface area contributed by atoms with E-state index in [4.69, 9.17) is 18.9 Å². The fourth-order valence-corrected chi connectivity index (χ4v) is 5.10. The SMILES string of the molecule is CC1=CC(=O)CC(C)(C)[C@H]1/C=C/[C@H](C)O[C@@H]1O[C@H](CO)[C@@H](O)[C@H](O)[C@H]1O[C@@H]1O[C@@H](C)[C@H](O)[C@@H](O)[C@H]1O. The van der Waals surface area contributed by atoms with Crippen molar-refractivity contribution < 1.29 is 54.4 Å². The van der Waals surface area contributed by atoms with Crippen molar-refractivity contribution in [3.63, 3.8) is 0 Å². The average Bonchev–Trinajstić information content (AvgIpc) is 2.79. The van der Waals surface area contributed by atoms with E-state index in [2.05, 4.69) is 0 Å². The molecule has 6 N–H and O–H groups in total. The fourth-order valence-electron chi connectivity index (χ4n) is 5.10. The molecule has 11 nitrogen and oxygen atoms in total. The Morgan fingerprint density at radius 2 is 1.72 bits per heavy atom. The van der Waals surface area contributed by atoms with Gasteiger partial charge in [0.2, 0.25) is 0 Å². The lowest BCUT2D eigenvalue weighted by Crippen LogP contribution is -2.64. The van der Waals surface area contributed by atoms with Crippen LogP contribution >= 0.6 is 0 Å². The molecule has 0 radical (unpaired) electrons. The van der Waals surface area contributed by atoms with Gasteiger partial charge in [0.25, 0.3) is 0 Å². The monoisotopic (exact) mass is 516 g/mol. The van der Waals surface area contributed by atoms with Crippen LogP contribution in [0.25, 0.3) is 0 Å². The maximum Gasteiger partial charge on any atom is 0.187 e. The Morgan fingerprint density at radius 3 is 2.33 bits per heavy atom. The van der Waals surface area contributed by atoms with E-state index in [1.54, 1.807) is 19.1 Å². The third-order valence-corrected chi connectivity index (χ3v) is 7.20. The molecule has 2 aliphatic heterocycles. The van der Waals surface area contributed by atoms with Gasteiger partial charge in [-0.1, -0.05) is 31.6 Å². The first-order valence-corrected chi connectivity index (χ1v) is 12.3. The topological polar surface area (TPSA) is 175 Å². The molecule has 0 aromatic carbocycles. The van der Waals surface area contributed by atoms with Crippen LogP contribution in [-0.2, 0) is 23.7 Å². The highest BCUT2D eigenvalue weighted by molar-refractivity contribution is 5.92. The van der Waals surface area contributed by atoms with Crippen molar-refractivity contribution in [2.75, 3.05) is 6.61 Å². The Hall–Kier alpha value is -1.25. The van der Waals surface area contributed by atoms with Crippen LogP contribution in [-0.4, -0.2) is 111 Å². The van der Waals surface area contributed by atoms with Crippen LogP contribution in [0.1, 0.15) is 41.0 Å². The summed E-state index contributed by atoms with van der Waals surface area (Å²) in [4.78, 5) is 12.0. The number of ketones is 1. The number of rotatable bonds is 7. The number of carbonyl (C=O) groups excluding carboxylic acids is 1. The van der Waals surface area contributed by atoms with Gasteiger partial charge in [-0.2, -0.15) is 0 Å². The van der Waals surface area contributed by atoms with E-state index >= 15 is 0 Å². The first-order chi connectivity index (χ1) is 16.8. The number of ether oxygens (including phenoxy) is 4. The second-order valence-corrected chi connectivity index (χ2v) is 10.7. The minimum atomic E-state index is -1.64. The molecule has 12 atom stereocenters. The van der Waals surface area contributed by atoms with Crippen LogP contribution in [0.4, 0.5) is 0 Å². The van der Waals surface area contributed by atoms with Crippen LogP contribution in [0.5, 0.6) is 0 Å². The molecule has 36 heavy (non-hydrogen) atoms. The van der Waals surface area contributed by atoms with Crippen molar-refractivity contribution in [1.82, 2.24) is 0 Å². The van der Waals surface area contributed by atoms with Gasteiger partial charge in [-0.25, -0.2) is 0 Å². The molecule has 206 valence electrons. The van der Waals surface area contributed by atoms with Gasteiger partial charge in [-0.15, -0.1) is 0 Å². The van der Waals surface area contributed by atoms with E-state index in [1.807, 2.05) is 26.8 Å². The zero-order chi connectivity index (χ0) is 26.9. The molecule has 11 heteroatoms. The summed E-state index contributed by atoms with van der Waals surface area (Å²) in [6.45, 7) is 8.56. The van der Waals surface area contributed by atoms with Crippen LogP contribution < -0.4 is 0 Å². The second kappa shape index (κ2) is 11.6. The molecule has 0 saturated carbocycles. The van der Waals surface area contributed by atoms with Crippen molar-refractivity contribution in [2.24, 2.45) is 11.3 Å². The van der Waals surface area contributed by atoms with E-state index in [1.165, 1.54) is 6.92 Å². The predicted octanol–water partition coefficient (Wildman–Crippen LogP) is -0.839. The van der Waals surface area contributed by atoms with E-state index < -0.39 is 74.1 Å². The molecule has 2 heterocycles. The minimum absolute atomic E-state index is 0.00152. The Kier molecular flexibility index (Phi) is 9.48. The standard InChI is InChI=1S/C25H40O11/c1-11-8-14(27)9-25(4,5)15(11)7-6-12(2)33-24-22(20(31)18(29)16(10-26)35-24)36-23-21(32)19(30)17(28)13(3)34-23/h6-8,12-13,15-24,26,28-32H,9-10H2,1-5H3/b7-6+/t12-,13-,15-,16+,17-,18+,19+,20-,21+,22+,23-,24+/m0/s1. The summed E-state index contributed by atoms with van der Waals surface area (Å²) in [5.41, 5.74) is 0.657. The normalized spacial score (nSPS) is 44.5. The van der Waals surface area contributed by atoms with Crippen molar-refractivity contribution in [1.29, 1.82) is 0 Å². The number of hydrogen-bond donors (Lipinski definition) is 6. The van der Waals surface area contributed by atoms with Crippen LogP contribution in [0, 0.1) is 11.3 Å². The van der Waals surface area contributed by atoms with E-state index in [0.29, 0.717) is 6.42 Å². The molecule has 2 fully saturated rings. The van der Waals surface area contributed by atoms with Gasteiger partial charge >= 0.3 is 0 Å². The summed E-state index contributed by atoms with van der Waals surface area (Å²) >= 11 is 0. The quantitative estimate of drug-likeness (QED) is 0.233. The molecule has 0 unspecified atom stereocenters. The van der Waals surface area contributed by atoms with Crippen molar-refractivity contribution in [3.05, 3.63) is 23.8 Å². The molecular weight excluding hydrogens is 476 g/mol. The summed E-state index contributed by atoms with van der Waals surface area (Å²) in [6, 6.07) is 0. The van der Waals surface area contributed by atoms with Gasteiger partial charge < -0.3 is 49.6 Å². The molecule has 0 aromatic heterocycles. The summed E-state index contributed by atoms with van der Waals surface area (Å²) in [7, 11) is 0. The zero-order valence-electron chi connectivity index (χ0n) is 21.3. The molecule has 2 saturated heterocycles. The molecular formula is C25H40O11. The van der Waals surface area contributed by atoms with Gasteiger partial charge in [0.05, 0.1) is 18.8 Å². The first kappa shape index (κ1) is 29.3. The Bertz CT molecular complexity index is 827. The molecule has 0 aromatic rings. The van der Waals surface area contributed by atoms with Crippen molar-refractivity contribution in [3.8, 4) is 0 Å². The zero-order valence-corrected chi connectivity index (χ0v) is 21.3. The van der Waals surface area contributed by atoms with Crippen molar-refractivity contribution in [2.45, 2.75) is 109 Å². The summed E-state index contributed by atoms with van der Waals surface area (Å²) in [6.07, 6.45) is -8.55. The molecule has 1 aliphatic carbocycles. The van der Waals surface area contributed by atoms with Gasteiger partial charge in [0.1, 0.15) is 42.7 Å². The number of allylic oxidation sites excluding steroid dienone is 3. The maximum absolute atomic E-state index is 12.0. The molecule has 3 aliphatic rings. The summed E-state index contributed by atoms with van der Waals surface area (Å²) in [5.74, 6) is 0.0853. The number of hydrogen-bond acceptors (Lipinski definition) is 11. The van der Waals surface area contributed by atoms with Gasteiger partial charge in [-0.05, 0) is 32.3 Å². The highest BCUT2D eigenvalue weighted by Gasteiger charge is 2.50. The molecule has 0 bridgehead atoms. The van der Waals surface area contributed by atoms with E-state index in [9.17, 15) is 35.4 Å². The fraction of sp³-hybridized carbons (Fsp3) is 0.800. The van der Waals surface area contributed by atoms with Crippen molar-refractivity contribution >= 4 is 5.78 Å². The highest BCUT2D eigenvalue weighted by Crippen LogP contribution is 2.40. The van der Waals surface area contributed by atoms with E-state index in [-0.39, 0.29) is 17.1 Å². The van der Waals surface area contributed by atoms with Crippen LogP contribution in [0.15, 0.2) is 23.8 Å². The predicted molar refractivity (Wildman–Crippen MR) is 125 cm³/mol. The average molecular weight is 517 g/mol. The molecule has 0 spiro atoms. The Labute approximate surface area is 210 Å². The van der Waals surface area contributed by atoms with E-state index in [0.717, 1.165) is 5.57 Å². The van der Waals surface area contributed by atoms with Gasteiger partial charge in [0, 0.05) is 12.3 Å². The Balaban J connectivity index is 1.76. The lowest BCUT2D eigenvalue weighted by Gasteiger charge is -2.46. The third-order valence-electron chi connectivity index (χ3n) is 7.20.